The molecular formula is C11H20O3. The molecule has 0 saturated carbocycles. The van der Waals surface area contributed by atoms with Crippen LogP contribution in [0.3, 0.4) is 0 Å². The number of rotatable bonds is 2. The van der Waals surface area contributed by atoms with E-state index in [-0.39, 0.29) is 17.8 Å². The fourth-order valence-corrected chi connectivity index (χ4v) is 2.58. The Morgan fingerprint density at radius 2 is 1.86 bits per heavy atom. The molecule has 0 bridgehead atoms. The number of hydrogen-bond acceptors (Lipinski definition) is 3. The average Bonchev–Trinajstić information content (AvgIpc) is 2.60. The molecule has 2 fully saturated rings. The van der Waals surface area contributed by atoms with Crippen molar-refractivity contribution in [3.05, 3.63) is 0 Å². The van der Waals surface area contributed by atoms with E-state index in [4.69, 9.17) is 9.47 Å². The summed E-state index contributed by atoms with van der Waals surface area (Å²) in [5.41, 5.74) is -0.228. The number of ether oxygens (including phenoxy) is 2. The van der Waals surface area contributed by atoms with Gasteiger partial charge < -0.3 is 14.6 Å². The van der Waals surface area contributed by atoms with Gasteiger partial charge in [-0.1, -0.05) is 6.92 Å². The molecule has 2 aliphatic heterocycles. The number of aliphatic hydroxyl groups excluding tert-OH is 1. The Labute approximate surface area is 85.4 Å². The Balaban J connectivity index is 2.04. The van der Waals surface area contributed by atoms with Crippen molar-refractivity contribution in [2.45, 2.75) is 50.2 Å². The van der Waals surface area contributed by atoms with Gasteiger partial charge in [0.25, 0.3) is 0 Å². The summed E-state index contributed by atoms with van der Waals surface area (Å²) in [6, 6.07) is 0. The molecule has 0 aromatic rings. The Hall–Kier alpha value is -0.120. The molecule has 0 amide bonds. The molecule has 2 heterocycles. The molecule has 0 aliphatic carbocycles. The highest BCUT2D eigenvalue weighted by molar-refractivity contribution is 4.97. The van der Waals surface area contributed by atoms with Gasteiger partial charge in [-0.25, -0.2) is 0 Å². The molecular weight excluding hydrogens is 180 g/mol. The molecule has 1 atom stereocenters. The van der Waals surface area contributed by atoms with Gasteiger partial charge in [0.15, 0.2) is 0 Å². The third-order valence-electron chi connectivity index (χ3n) is 3.81. The normalized spacial score (nSPS) is 36.4. The maximum atomic E-state index is 9.37. The van der Waals surface area contributed by atoms with E-state index in [1.165, 1.54) is 0 Å². The molecule has 3 heteroatoms. The van der Waals surface area contributed by atoms with Crippen LogP contribution in [0.1, 0.15) is 39.0 Å². The van der Waals surface area contributed by atoms with E-state index < -0.39 is 0 Å². The lowest BCUT2D eigenvalue weighted by Crippen LogP contribution is -2.41. The van der Waals surface area contributed by atoms with Crippen molar-refractivity contribution < 1.29 is 14.6 Å². The Morgan fingerprint density at radius 3 is 2.36 bits per heavy atom. The molecule has 0 aromatic heterocycles. The second-order valence-corrected chi connectivity index (χ2v) is 4.59. The van der Waals surface area contributed by atoms with Crippen molar-refractivity contribution in [3.8, 4) is 0 Å². The second-order valence-electron chi connectivity index (χ2n) is 4.59. The van der Waals surface area contributed by atoms with Crippen molar-refractivity contribution in [2.75, 3.05) is 19.8 Å². The zero-order valence-electron chi connectivity index (χ0n) is 8.92. The highest BCUT2D eigenvalue weighted by Crippen LogP contribution is 2.44. The largest absolute Gasteiger partial charge is 0.393 e. The Kier molecular flexibility index (Phi) is 2.82. The predicted octanol–water partition coefficient (Wildman–Crippen LogP) is 1.49. The quantitative estimate of drug-likeness (QED) is 0.734. The summed E-state index contributed by atoms with van der Waals surface area (Å²) < 4.78 is 11.5. The Bertz CT molecular complexity index is 193. The van der Waals surface area contributed by atoms with Crippen molar-refractivity contribution in [3.63, 3.8) is 0 Å². The fraction of sp³-hybridized carbons (Fsp3) is 1.00. The zero-order chi connectivity index (χ0) is 10.1. The third kappa shape index (κ3) is 1.69. The van der Waals surface area contributed by atoms with E-state index in [1.807, 2.05) is 0 Å². The van der Waals surface area contributed by atoms with Crippen molar-refractivity contribution >= 4 is 0 Å². The van der Waals surface area contributed by atoms with Gasteiger partial charge >= 0.3 is 0 Å². The van der Waals surface area contributed by atoms with Gasteiger partial charge in [0, 0.05) is 13.2 Å². The van der Waals surface area contributed by atoms with Gasteiger partial charge in [-0.2, -0.15) is 0 Å². The topological polar surface area (TPSA) is 38.7 Å². The third-order valence-corrected chi connectivity index (χ3v) is 3.81. The first-order valence-corrected chi connectivity index (χ1v) is 5.63. The van der Waals surface area contributed by atoms with Crippen LogP contribution in [-0.2, 0) is 9.47 Å². The monoisotopic (exact) mass is 200 g/mol. The van der Waals surface area contributed by atoms with E-state index in [9.17, 15) is 5.11 Å². The molecule has 2 rings (SSSR count). The molecule has 2 aliphatic rings. The van der Waals surface area contributed by atoms with E-state index >= 15 is 0 Å². The second kappa shape index (κ2) is 3.80. The van der Waals surface area contributed by atoms with Crippen LogP contribution in [0.15, 0.2) is 0 Å². The van der Waals surface area contributed by atoms with Gasteiger partial charge in [-0.3, -0.25) is 0 Å². The minimum Gasteiger partial charge on any atom is -0.393 e. The van der Waals surface area contributed by atoms with Gasteiger partial charge in [0.05, 0.1) is 17.8 Å². The first-order chi connectivity index (χ1) is 6.74. The summed E-state index contributed by atoms with van der Waals surface area (Å²) in [6.07, 6.45) is 4.99. The summed E-state index contributed by atoms with van der Waals surface area (Å²) in [5, 5.41) is 9.37. The Morgan fingerprint density at radius 1 is 1.14 bits per heavy atom. The summed E-state index contributed by atoms with van der Waals surface area (Å²) >= 11 is 0. The maximum absolute atomic E-state index is 9.37. The van der Waals surface area contributed by atoms with E-state index in [1.54, 1.807) is 0 Å². The average molecular weight is 200 g/mol. The maximum Gasteiger partial charge on any atom is 0.0918 e. The van der Waals surface area contributed by atoms with Crippen molar-refractivity contribution in [2.24, 2.45) is 0 Å². The van der Waals surface area contributed by atoms with Gasteiger partial charge in [-0.15, -0.1) is 0 Å². The molecule has 1 spiro atoms. The van der Waals surface area contributed by atoms with Crippen LogP contribution in [0, 0.1) is 0 Å². The smallest absolute Gasteiger partial charge is 0.0918 e. The standard InChI is InChI=1S/C11H20O3/c1-2-10(9-12)3-4-11(14-10)5-7-13-8-6-11/h12H,2-9H2,1H3. The van der Waals surface area contributed by atoms with Crippen LogP contribution >= 0.6 is 0 Å². The SMILES string of the molecule is CCC1(CO)CCC2(CCOCC2)O1. The van der Waals surface area contributed by atoms with E-state index in [2.05, 4.69) is 6.92 Å². The molecule has 0 aromatic carbocycles. The minimum absolute atomic E-state index is 0.0248. The lowest BCUT2D eigenvalue weighted by Gasteiger charge is -2.36. The molecule has 2 saturated heterocycles. The summed E-state index contributed by atoms with van der Waals surface area (Å²) in [4.78, 5) is 0. The highest BCUT2D eigenvalue weighted by Gasteiger charge is 2.48. The zero-order valence-corrected chi connectivity index (χ0v) is 8.92. The number of hydrogen-bond donors (Lipinski definition) is 1. The van der Waals surface area contributed by atoms with Crippen LogP contribution in [0.5, 0.6) is 0 Å². The summed E-state index contributed by atoms with van der Waals surface area (Å²) in [6.45, 7) is 3.87. The molecule has 0 radical (unpaired) electrons. The predicted molar refractivity (Wildman–Crippen MR) is 53.2 cm³/mol. The summed E-state index contributed by atoms with van der Waals surface area (Å²) in [7, 11) is 0. The van der Waals surface area contributed by atoms with Crippen molar-refractivity contribution in [1.82, 2.24) is 0 Å². The minimum atomic E-state index is -0.253. The van der Waals surface area contributed by atoms with Crippen LogP contribution in [0.4, 0.5) is 0 Å². The molecule has 1 N–H and O–H groups in total. The first-order valence-electron chi connectivity index (χ1n) is 5.63. The van der Waals surface area contributed by atoms with Gasteiger partial charge in [-0.05, 0) is 32.1 Å². The lowest BCUT2D eigenvalue weighted by atomic mass is 9.89. The van der Waals surface area contributed by atoms with Crippen LogP contribution in [0.2, 0.25) is 0 Å². The van der Waals surface area contributed by atoms with E-state index in [0.29, 0.717) is 0 Å². The number of aliphatic hydroxyl groups is 1. The van der Waals surface area contributed by atoms with Crippen LogP contribution in [-0.4, -0.2) is 36.1 Å². The van der Waals surface area contributed by atoms with Crippen molar-refractivity contribution in [1.29, 1.82) is 0 Å². The fourth-order valence-electron chi connectivity index (χ4n) is 2.58. The van der Waals surface area contributed by atoms with Gasteiger partial charge in [0.2, 0.25) is 0 Å². The molecule has 3 nitrogen and oxygen atoms in total. The van der Waals surface area contributed by atoms with Crippen LogP contribution in [0.25, 0.3) is 0 Å². The highest BCUT2D eigenvalue weighted by atomic mass is 16.5. The lowest BCUT2D eigenvalue weighted by molar-refractivity contribution is -0.158. The molecule has 82 valence electrons. The van der Waals surface area contributed by atoms with E-state index in [0.717, 1.165) is 45.3 Å². The molecule has 1 unspecified atom stereocenters. The molecule has 14 heavy (non-hydrogen) atoms. The first kappa shape index (κ1) is 10.4. The van der Waals surface area contributed by atoms with Gasteiger partial charge in [0.1, 0.15) is 0 Å². The van der Waals surface area contributed by atoms with Crippen LogP contribution < -0.4 is 0 Å². The summed E-state index contributed by atoms with van der Waals surface area (Å²) in [5.74, 6) is 0.